The number of anilines is 3. The lowest BCUT2D eigenvalue weighted by Crippen LogP contribution is -2.28. The molecule has 1 saturated carbocycles. The topological polar surface area (TPSA) is 114 Å². The quantitative estimate of drug-likeness (QED) is 0.137. The number of carbonyl (C=O) groups is 4. The normalized spacial score (nSPS) is 20.1. The van der Waals surface area contributed by atoms with Crippen molar-refractivity contribution < 1.29 is 50.3 Å². The van der Waals surface area contributed by atoms with E-state index in [0.29, 0.717) is 12.1 Å². The SMILES string of the molecule is O=C1CCC(C(=O)Nc2c(F)ccc(NC(=O)c3cc(NC(=O)[C@H]4[C@H](c5ccc(F)c(C(F)(F)F)c5)C4(Cl)Cl)ccc3Cl)c2F)O1. The Morgan fingerprint density at radius 3 is 2.24 bits per heavy atom. The van der Waals surface area contributed by atoms with Gasteiger partial charge in [0, 0.05) is 24.4 Å². The molecule has 0 spiro atoms. The van der Waals surface area contributed by atoms with Crippen LogP contribution in [0.4, 0.5) is 43.4 Å². The van der Waals surface area contributed by atoms with Crippen molar-refractivity contribution in [3.63, 3.8) is 0 Å². The maximum absolute atomic E-state index is 15.2. The van der Waals surface area contributed by atoms with E-state index in [4.69, 9.17) is 39.5 Å². The van der Waals surface area contributed by atoms with E-state index in [9.17, 15) is 41.1 Å². The molecular weight excluding hydrogens is 691 g/mol. The lowest BCUT2D eigenvalue weighted by Gasteiger charge is -2.15. The number of amides is 3. The van der Waals surface area contributed by atoms with Gasteiger partial charge in [-0.05, 0) is 48.0 Å². The summed E-state index contributed by atoms with van der Waals surface area (Å²) in [6, 6.07) is 7.36. The minimum absolute atomic E-state index is 0.0130. The molecule has 3 aromatic rings. The summed E-state index contributed by atoms with van der Waals surface area (Å²) in [5.41, 5.74) is -3.50. The average molecular weight is 709 g/mol. The minimum atomic E-state index is -5.01. The Labute approximate surface area is 270 Å². The number of cyclic esters (lactones) is 1. The Hall–Kier alpha value is -4.01. The molecule has 3 atom stereocenters. The highest BCUT2D eigenvalue weighted by molar-refractivity contribution is 6.53. The third-order valence-corrected chi connectivity index (χ3v) is 8.50. The summed E-state index contributed by atoms with van der Waals surface area (Å²) in [7, 11) is 0. The summed E-state index contributed by atoms with van der Waals surface area (Å²) in [5.74, 6) is -9.96. The van der Waals surface area contributed by atoms with Gasteiger partial charge in [0.15, 0.2) is 11.9 Å². The molecule has 1 aliphatic carbocycles. The zero-order chi connectivity index (χ0) is 33.7. The smallest absolute Gasteiger partial charge is 0.419 e. The van der Waals surface area contributed by atoms with Crippen molar-refractivity contribution >= 4 is 75.6 Å². The second-order valence-electron chi connectivity index (χ2n) is 10.3. The summed E-state index contributed by atoms with van der Waals surface area (Å²) < 4.78 is 85.9. The fraction of sp³-hybridized carbons (Fsp3) is 0.241. The number of hydrogen-bond acceptors (Lipinski definition) is 5. The highest BCUT2D eigenvalue weighted by Crippen LogP contribution is 2.65. The zero-order valence-corrected chi connectivity index (χ0v) is 25.0. The molecule has 2 fully saturated rings. The number of alkyl halides is 5. The molecule has 0 aromatic heterocycles. The highest BCUT2D eigenvalue weighted by Gasteiger charge is 2.67. The van der Waals surface area contributed by atoms with Crippen molar-refractivity contribution in [2.24, 2.45) is 5.92 Å². The van der Waals surface area contributed by atoms with Crippen LogP contribution in [0.1, 0.15) is 40.2 Å². The lowest BCUT2D eigenvalue weighted by atomic mass is 10.0. The standard InChI is InChI=1S/C29H18Cl3F6N3O5/c30-15-3-2-12(39-27(45)22-21(28(22,31)32)11-1-4-16(33)14(9-11)29(36,37)38)10-13(15)25(43)40-18-6-5-17(34)24(23(18)35)41-26(44)19-7-8-20(42)46-19/h1-6,9-10,19,21-22H,7-8H2,(H,39,45)(H,40,43)(H,41,44)/t19?,21-,22+/m0/s1. The van der Waals surface area contributed by atoms with Gasteiger partial charge in [-0.2, -0.15) is 13.2 Å². The molecule has 5 rings (SSSR count). The molecule has 1 heterocycles. The summed E-state index contributed by atoms with van der Waals surface area (Å²) in [5, 5.41) is 6.46. The van der Waals surface area contributed by atoms with Gasteiger partial charge in [-0.3, -0.25) is 19.2 Å². The van der Waals surface area contributed by atoms with Crippen LogP contribution >= 0.6 is 34.8 Å². The minimum Gasteiger partial charge on any atom is -0.452 e. The van der Waals surface area contributed by atoms with Crippen molar-refractivity contribution in [1.82, 2.24) is 0 Å². The largest absolute Gasteiger partial charge is 0.452 e. The van der Waals surface area contributed by atoms with Gasteiger partial charge < -0.3 is 20.7 Å². The molecule has 0 radical (unpaired) electrons. The molecule has 1 saturated heterocycles. The zero-order valence-electron chi connectivity index (χ0n) is 22.7. The number of nitrogens with one attached hydrogen (secondary N) is 3. The molecule has 1 unspecified atom stereocenters. The fourth-order valence-corrected chi connectivity index (χ4v) is 5.92. The van der Waals surface area contributed by atoms with Crippen LogP contribution in [0.25, 0.3) is 0 Å². The maximum Gasteiger partial charge on any atom is 0.419 e. The maximum atomic E-state index is 15.2. The first-order valence-corrected chi connectivity index (χ1v) is 14.3. The first-order chi connectivity index (χ1) is 21.5. The number of rotatable bonds is 7. The van der Waals surface area contributed by atoms with Gasteiger partial charge in [-0.25, -0.2) is 13.2 Å². The predicted octanol–water partition coefficient (Wildman–Crippen LogP) is 7.20. The molecule has 1 aliphatic heterocycles. The fourth-order valence-electron chi connectivity index (χ4n) is 4.89. The van der Waals surface area contributed by atoms with Gasteiger partial charge in [0.25, 0.3) is 11.8 Å². The lowest BCUT2D eigenvalue weighted by molar-refractivity contribution is -0.146. The van der Waals surface area contributed by atoms with Crippen LogP contribution in [0, 0.1) is 23.4 Å². The van der Waals surface area contributed by atoms with Gasteiger partial charge in [0.1, 0.15) is 21.7 Å². The molecule has 46 heavy (non-hydrogen) atoms. The van der Waals surface area contributed by atoms with Crippen LogP contribution in [0.3, 0.4) is 0 Å². The van der Waals surface area contributed by atoms with Crippen molar-refractivity contribution in [2.45, 2.75) is 35.4 Å². The Kier molecular flexibility index (Phi) is 8.92. The number of ether oxygens (including phenoxy) is 1. The van der Waals surface area contributed by atoms with Gasteiger partial charge in [0.05, 0.1) is 27.8 Å². The van der Waals surface area contributed by atoms with Gasteiger partial charge >= 0.3 is 12.1 Å². The van der Waals surface area contributed by atoms with Crippen molar-refractivity contribution in [2.75, 3.05) is 16.0 Å². The summed E-state index contributed by atoms with van der Waals surface area (Å²) in [6.45, 7) is 0. The molecule has 3 N–H and O–H groups in total. The van der Waals surface area contributed by atoms with Crippen LogP contribution in [-0.2, 0) is 25.3 Å². The third kappa shape index (κ3) is 6.60. The summed E-state index contributed by atoms with van der Waals surface area (Å²) in [6.07, 6.45) is -6.29. The average Bonchev–Trinajstić information content (AvgIpc) is 3.29. The Bertz CT molecular complexity index is 1790. The first kappa shape index (κ1) is 33.4. The second-order valence-corrected chi connectivity index (χ2v) is 12.1. The van der Waals surface area contributed by atoms with Gasteiger partial charge in [-0.15, -0.1) is 23.2 Å². The van der Waals surface area contributed by atoms with E-state index >= 15 is 4.39 Å². The molecule has 3 aromatic carbocycles. The molecular formula is C29H18Cl3F6N3O5. The van der Waals surface area contributed by atoms with Crippen molar-refractivity contribution in [3.05, 3.63) is 87.7 Å². The van der Waals surface area contributed by atoms with Crippen molar-refractivity contribution in [1.29, 1.82) is 0 Å². The predicted molar refractivity (Wildman–Crippen MR) is 154 cm³/mol. The van der Waals surface area contributed by atoms with E-state index < -0.39 is 86.5 Å². The number of halogens is 9. The third-order valence-electron chi connectivity index (χ3n) is 7.23. The molecule has 17 heteroatoms. The highest BCUT2D eigenvalue weighted by atomic mass is 35.5. The monoisotopic (exact) mass is 707 g/mol. The number of esters is 1. The molecule has 3 amide bonds. The van der Waals surface area contributed by atoms with E-state index in [1.807, 2.05) is 5.32 Å². The van der Waals surface area contributed by atoms with Crippen LogP contribution in [-0.4, -0.2) is 34.1 Å². The Morgan fingerprint density at radius 1 is 0.891 bits per heavy atom. The van der Waals surface area contributed by atoms with E-state index in [1.165, 1.54) is 12.1 Å². The van der Waals surface area contributed by atoms with E-state index in [-0.39, 0.29) is 34.7 Å². The summed E-state index contributed by atoms with van der Waals surface area (Å²) in [4.78, 5) is 49.7. The van der Waals surface area contributed by atoms with E-state index in [1.54, 1.807) is 0 Å². The van der Waals surface area contributed by atoms with Crippen LogP contribution in [0.15, 0.2) is 48.5 Å². The molecule has 242 valence electrons. The van der Waals surface area contributed by atoms with Crippen molar-refractivity contribution in [3.8, 4) is 0 Å². The number of hydrogen-bond donors (Lipinski definition) is 3. The summed E-state index contributed by atoms with van der Waals surface area (Å²) >= 11 is 18.6. The number of benzene rings is 3. The van der Waals surface area contributed by atoms with E-state index in [2.05, 4.69) is 10.6 Å². The molecule has 0 bridgehead atoms. The van der Waals surface area contributed by atoms with E-state index in [0.717, 1.165) is 24.3 Å². The number of carbonyl (C=O) groups excluding carboxylic acids is 4. The van der Waals surface area contributed by atoms with Crippen LogP contribution in [0.2, 0.25) is 5.02 Å². The first-order valence-electron chi connectivity index (χ1n) is 13.1. The van der Waals surface area contributed by atoms with Gasteiger partial charge in [0.2, 0.25) is 5.91 Å². The molecule has 8 nitrogen and oxygen atoms in total. The van der Waals surface area contributed by atoms with Gasteiger partial charge in [-0.1, -0.05) is 17.7 Å². The molecule has 2 aliphatic rings. The second kappa shape index (κ2) is 12.3. The van der Waals surface area contributed by atoms with Crippen LogP contribution in [0.5, 0.6) is 0 Å². The van der Waals surface area contributed by atoms with Crippen LogP contribution < -0.4 is 16.0 Å². The Balaban J connectivity index is 1.31. The Morgan fingerprint density at radius 2 is 1.59 bits per heavy atom.